The first-order valence-electron chi connectivity index (χ1n) is 8.48. The highest BCUT2D eigenvalue weighted by Gasteiger charge is 2.13. The lowest BCUT2D eigenvalue weighted by Gasteiger charge is -2.27. The second-order valence-electron chi connectivity index (χ2n) is 6.24. The third-order valence-corrected chi connectivity index (χ3v) is 4.27. The third-order valence-electron chi connectivity index (χ3n) is 4.27. The molecule has 0 saturated carbocycles. The van der Waals surface area contributed by atoms with E-state index in [9.17, 15) is 4.79 Å². The zero-order chi connectivity index (χ0) is 16.8. The van der Waals surface area contributed by atoms with Crippen molar-refractivity contribution < 1.29 is 9.32 Å². The molecule has 1 fully saturated rings. The number of carbonyl (C=O) groups excluding carboxylic acids is 1. The maximum absolute atomic E-state index is 12.0. The summed E-state index contributed by atoms with van der Waals surface area (Å²) in [4.78, 5) is 14.5. The Balaban J connectivity index is 1.55. The van der Waals surface area contributed by atoms with Gasteiger partial charge in [0, 0.05) is 19.2 Å². The van der Waals surface area contributed by atoms with Crippen LogP contribution in [-0.2, 0) is 13.1 Å². The molecule has 128 valence electrons. The number of rotatable bonds is 5. The molecule has 1 aromatic carbocycles. The fourth-order valence-electron chi connectivity index (χ4n) is 3.00. The first kappa shape index (κ1) is 16.5. The Morgan fingerprint density at radius 3 is 2.67 bits per heavy atom. The summed E-state index contributed by atoms with van der Waals surface area (Å²) >= 11 is 0. The summed E-state index contributed by atoms with van der Waals surface area (Å²) in [5.41, 5.74) is 2.42. The van der Waals surface area contributed by atoms with Gasteiger partial charge in [0.15, 0.2) is 5.82 Å². The minimum absolute atomic E-state index is 0.281. The van der Waals surface area contributed by atoms with E-state index in [-0.39, 0.29) is 6.03 Å². The molecule has 1 saturated heterocycles. The van der Waals surface area contributed by atoms with Crippen LogP contribution in [0.4, 0.5) is 10.6 Å². The molecule has 0 spiro atoms. The Morgan fingerprint density at radius 2 is 1.96 bits per heavy atom. The normalized spacial score (nSPS) is 15.2. The molecule has 0 bridgehead atoms. The van der Waals surface area contributed by atoms with Crippen LogP contribution < -0.4 is 10.6 Å². The lowest BCUT2D eigenvalue weighted by molar-refractivity contribution is 0.220. The number of piperidine rings is 1. The van der Waals surface area contributed by atoms with Gasteiger partial charge in [0.2, 0.25) is 0 Å². The average Bonchev–Trinajstić information content (AvgIpc) is 3.00. The second-order valence-corrected chi connectivity index (χ2v) is 6.24. The van der Waals surface area contributed by atoms with Crippen molar-refractivity contribution in [3.05, 3.63) is 47.2 Å². The van der Waals surface area contributed by atoms with Gasteiger partial charge in [-0.15, -0.1) is 0 Å². The molecule has 0 unspecified atom stereocenters. The van der Waals surface area contributed by atoms with E-state index in [1.54, 1.807) is 13.0 Å². The number of hydrogen-bond acceptors (Lipinski definition) is 4. The minimum Gasteiger partial charge on any atom is -0.360 e. The van der Waals surface area contributed by atoms with E-state index < -0.39 is 0 Å². The van der Waals surface area contributed by atoms with Crippen LogP contribution in [-0.4, -0.2) is 29.2 Å². The molecule has 2 N–H and O–H groups in total. The van der Waals surface area contributed by atoms with Gasteiger partial charge in [-0.2, -0.15) is 0 Å². The van der Waals surface area contributed by atoms with Crippen molar-refractivity contribution in [2.45, 2.75) is 39.3 Å². The number of likely N-dealkylation sites (tertiary alicyclic amines) is 1. The van der Waals surface area contributed by atoms with Gasteiger partial charge in [0.1, 0.15) is 5.76 Å². The molecular formula is C18H24N4O2. The van der Waals surface area contributed by atoms with Crippen LogP contribution in [0.15, 0.2) is 34.9 Å². The van der Waals surface area contributed by atoms with Crippen LogP contribution in [0.3, 0.4) is 0 Å². The Labute approximate surface area is 142 Å². The van der Waals surface area contributed by atoms with Crippen LogP contribution >= 0.6 is 0 Å². The molecule has 2 aromatic rings. The van der Waals surface area contributed by atoms with Crippen LogP contribution in [0.1, 0.15) is 36.1 Å². The number of aromatic nitrogens is 1. The molecule has 3 rings (SSSR count). The number of benzene rings is 1. The fourth-order valence-corrected chi connectivity index (χ4v) is 3.00. The lowest BCUT2D eigenvalue weighted by atomic mass is 10.0. The second kappa shape index (κ2) is 7.97. The van der Waals surface area contributed by atoms with Gasteiger partial charge in [-0.05, 0) is 44.0 Å². The predicted molar refractivity (Wildman–Crippen MR) is 92.7 cm³/mol. The largest absolute Gasteiger partial charge is 0.360 e. The highest BCUT2D eigenvalue weighted by molar-refractivity contribution is 5.88. The Morgan fingerprint density at radius 1 is 1.21 bits per heavy atom. The van der Waals surface area contributed by atoms with E-state index in [2.05, 4.69) is 38.9 Å². The molecule has 2 heterocycles. The summed E-state index contributed by atoms with van der Waals surface area (Å²) in [7, 11) is 0. The van der Waals surface area contributed by atoms with Crippen LogP contribution in [0.25, 0.3) is 0 Å². The molecule has 1 aromatic heterocycles. The van der Waals surface area contributed by atoms with Crippen molar-refractivity contribution in [1.29, 1.82) is 0 Å². The van der Waals surface area contributed by atoms with Gasteiger partial charge in [0.05, 0.1) is 0 Å². The SMILES string of the molecule is Cc1cc(NC(=O)NCc2ccccc2CN2CCCCC2)no1. The quantitative estimate of drug-likeness (QED) is 0.883. The van der Waals surface area contributed by atoms with Crippen molar-refractivity contribution in [3.63, 3.8) is 0 Å². The summed E-state index contributed by atoms with van der Waals surface area (Å²) in [6, 6.07) is 9.68. The van der Waals surface area contributed by atoms with Crippen molar-refractivity contribution in [2.24, 2.45) is 0 Å². The van der Waals surface area contributed by atoms with Crippen LogP contribution in [0.2, 0.25) is 0 Å². The van der Waals surface area contributed by atoms with Gasteiger partial charge < -0.3 is 9.84 Å². The van der Waals surface area contributed by atoms with Gasteiger partial charge in [-0.3, -0.25) is 10.2 Å². The highest BCUT2D eigenvalue weighted by Crippen LogP contribution is 2.16. The highest BCUT2D eigenvalue weighted by atomic mass is 16.5. The molecule has 1 aliphatic rings. The maximum atomic E-state index is 12.0. The molecule has 24 heavy (non-hydrogen) atoms. The molecular weight excluding hydrogens is 304 g/mol. The van der Waals surface area contributed by atoms with Gasteiger partial charge in [0.25, 0.3) is 0 Å². The number of carbonyl (C=O) groups is 1. The predicted octanol–water partition coefficient (Wildman–Crippen LogP) is 3.29. The zero-order valence-corrected chi connectivity index (χ0v) is 14.0. The molecule has 0 atom stereocenters. The molecule has 2 amide bonds. The Kier molecular flexibility index (Phi) is 5.48. The lowest BCUT2D eigenvalue weighted by Crippen LogP contribution is -2.31. The van der Waals surface area contributed by atoms with E-state index in [0.717, 1.165) is 25.2 Å². The van der Waals surface area contributed by atoms with Crippen molar-refractivity contribution in [3.8, 4) is 0 Å². The zero-order valence-electron chi connectivity index (χ0n) is 14.0. The molecule has 6 heteroatoms. The van der Waals surface area contributed by atoms with Crippen molar-refractivity contribution in [1.82, 2.24) is 15.4 Å². The van der Waals surface area contributed by atoms with Crippen molar-refractivity contribution >= 4 is 11.8 Å². The van der Waals surface area contributed by atoms with E-state index in [1.165, 1.54) is 24.8 Å². The van der Waals surface area contributed by atoms with Crippen LogP contribution in [0, 0.1) is 6.92 Å². The summed E-state index contributed by atoms with van der Waals surface area (Å²) < 4.78 is 4.93. The summed E-state index contributed by atoms with van der Waals surface area (Å²) in [6.07, 6.45) is 3.89. The monoisotopic (exact) mass is 328 g/mol. The third kappa shape index (κ3) is 4.58. The Bertz CT molecular complexity index is 677. The smallest absolute Gasteiger partial charge is 0.320 e. The minimum atomic E-state index is -0.281. The topological polar surface area (TPSA) is 70.4 Å². The summed E-state index contributed by atoms with van der Waals surface area (Å²) in [5, 5.41) is 9.30. The van der Waals surface area contributed by atoms with Crippen molar-refractivity contribution in [2.75, 3.05) is 18.4 Å². The van der Waals surface area contributed by atoms with E-state index in [0.29, 0.717) is 18.1 Å². The average molecular weight is 328 g/mol. The number of aryl methyl sites for hydroxylation is 1. The number of nitrogens with one attached hydrogen (secondary N) is 2. The number of hydrogen-bond donors (Lipinski definition) is 2. The molecule has 6 nitrogen and oxygen atoms in total. The standard InChI is InChI=1S/C18H24N4O2/c1-14-11-17(21-24-14)20-18(23)19-12-15-7-3-4-8-16(15)13-22-9-5-2-6-10-22/h3-4,7-8,11H,2,5-6,9-10,12-13H2,1H3,(H2,19,20,21,23). The number of urea groups is 1. The van der Waals surface area contributed by atoms with Gasteiger partial charge >= 0.3 is 6.03 Å². The Hall–Kier alpha value is -2.34. The fraction of sp³-hybridized carbons (Fsp3) is 0.444. The number of anilines is 1. The van der Waals surface area contributed by atoms with E-state index >= 15 is 0 Å². The summed E-state index contributed by atoms with van der Waals surface area (Å²) in [6.45, 7) is 5.54. The number of nitrogens with zero attached hydrogens (tertiary/aromatic N) is 2. The van der Waals surface area contributed by atoms with Gasteiger partial charge in [-0.1, -0.05) is 35.8 Å². The first-order chi connectivity index (χ1) is 11.7. The number of amides is 2. The van der Waals surface area contributed by atoms with Gasteiger partial charge in [-0.25, -0.2) is 4.79 Å². The van der Waals surface area contributed by atoms with E-state index in [1.807, 2.05) is 6.07 Å². The first-order valence-corrected chi connectivity index (χ1v) is 8.48. The molecule has 0 radical (unpaired) electrons. The maximum Gasteiger partial charge on any atom is 0.320 e. The van der Waals surface area contributed by atoms with E-state index in [4.69, 9.17) is 4.52 Å². The molecule has 1 aliphatic heterocycles. The molecule has 0 aliphatic carbocycles. The summed E-state index contributed by atoms with van der Waals surface area (Å²) in [5.74, 6) is 1.09. The van der Waals surface area contributed by atoms with Crippen LogP contribution in [0.5, 0.6) is 0 Å².